The zero-order chi connectivity index (χ0) is 16.2. The van der Waals surface area contributed by atoms with E-state index >= 15 is 0 Å². The molecule has 0 aliphatic heterocycles. The van der Waals surface area contributed by atoms with E-state index in [9.17, 15) is 4.79 Å². The van der Waals surface area contributed by atoms with Crippen molar-refractivity contribution in [3.05, 3.63) is 65.2 Å². The first-order valence-electron chi connectivity index (χ1n) is 7.62. The van der Waals surface area contributed by atoms with E-state index in [0.717, 1.165) is 16.9 Å². The zero-order valence-electron chi connectivity index (χ0n) is 13.8. The maximum absolute atomic E-state index is 12.2. The van der Waals surface area contributed by atoms with Crippen LogP contribution in [0, 0.1) is 0 Å². The molecule has 2 aromatic carbocycles. The lowest BCUT2D eigenvalue weighted by Gasteiger charge is -2.19. The van der Waals surface area contributed by atoms with E-state index in [4.69, 9.17) is 4.74 Å². The van der Waals surface area contributed by atoms with Crippen LogP contribution in [0.4, 0.5) is 0 Å². The van der Waals surface area contributed by atoms with Crippen molar-refractivity contribution in [2.75, 3.05) is 7.11 Å². The summed E-state index contributed by atoms with van der Waals surface area (Å²) in [5, 5.41) is 0. The molecule has 0 fully saturated rings. The van der Waals surface area contributed by atoms with Crippen LogP contribution in [0.3, 0.4) is 0 Å². The Hall–Kier alpha value is -2.09. The summed E-state index contributed by atoms with van der Waals surface area (Å²) in [6.45, 7) is 6.57. The van der Waals surface area contributed by atoms with Gasteiger partial charge >= 0.3 is 0 Å². The van der Waals surface area contributed by atoms with Crippen LogP contribution in [-0.4, -0.2) is 12.9 Å². The predicted octanol–water partition coefficient (Wildman–Crippen LogP) is 4.35. The molecule has 0 amide bonds. The Bertz CT molecular complexity index is 616. The molecule has 2 nitrogen and oxygen atoms in total. The van der Waals surface area contributed by atoms with Gasteiger partial charge in [-0.1, -0.05) is 57.2 Å². The van der Waals surface area contributed by atoms with Gasteiger partial charge in [0.2, 0.25) is 0 Å². The Morgan fingerprint density at radius 2 is 1.32 bits per heavy atom. The molecule has 0 saturated carbocycles. The molecular formula is C20H24O2. The highest BCUT2D eigenvalue weighted by Crippen LogP contribution is 2.22. The number of carbonyl (C=O) groups is 1. The minimum absolute atomic E-state index is 0.144. The van der Waals surface area contributed by atoms with Crippen LogP contribution >= 0.6 is 0 Å². The molecule has 0 aliphatic rings. The first-order chi connectivity index (χ1) is 10.4. The summed E-state index contributed by atoms with van der Waals surface area (Å²) >= 11 is 0. The lowest BCUT2D eigenvalue weighted by molar-refractivity contribution is -0.117. The predicted molar refractivity (Wildman–Crippen MR) is 90.6 cm³/mol. The molecule has 0 saturated heterocycles. The normalized spacial score (nSPS) is 11.3. The molecule has 0 spiro atoms. The lowest BCUT2D eigenvalue weighted by Crippen LogP contribution is -2.11. The van der Waals surface area contributed by atoms with Crippen LogP contribution in [0.15, 0.2) is 48.5 Å². The molecule has 0 N–H and O–H groups in total. The van der Waals surface area contributed by atoms with Crippen molar-refractivity contribution in [1.82, 2.24) is 0 Å². The number of Topliss-reactive ketones (excluding diaryl/α,β-unsaturated/α-hetero) is 1. The molecule has 2 aromatic rings. The molecular weight excluding hydrogens is 272 g/mol. The monoisotopic (exact) mass is 296 g/mol. The van der Waals surface area contributed by atoms with Gasteiger partial charge in [0, 0.05) is 12.8 Å². The first-order valence-corrected chi connectivity index (χ1v) is 7.62. The number of ether oxygens (including phenoxy) is 1. The molecule has 22 heavy (non-hydrogen) atoms. The largest absolute Gasteiger partial charge is 0.497 e. The van der Waals surface area contributed by atoms with Gasteiger partial charge < -0.3 is 4.74 Å². The third kappa shape index (κ3) is 4.45. The van der Waals surface area contributed by atoms with Crippen molar-refractivity contribution in [1.29, 1.82) is 0 Å². The zero-order valence-corrected chi connectivity index (χ0v) is 13.8. The van der Waals surface area contributed by atoms with Gasteiger partial charge in [-0.2, -0.15) is 0 Å². The molecule has 0 unspecified atom stereocenters. The lowest BCUT2D eigenvalue weighted by atomic mass is 9.86. The maximum atomic E-state index is 12.2. The summed E-state index contributed by atoms with van der Waals surface area (Å²) in [5.74, 6) is 1.04. The van der Waals surface area contributed by atoms with Crippen LogP contribution in [0.25, 0.3) is 0 Å². The van der Waals surface area contributed by atoms with Crippen LogP contribution in [0.1, 0.15) is 37.5 Å². The van der Waals surface area contributed by atoms with Gasteiger partial charge in [-0.3, -0.25) is 4.79 Å². The third-order valence-electron chi connectivity index (χ3n) is 3.78. The highest BCUT2D eigenvalue weighted by atomic mass is 16.5. The van der Waals surface area contributed by atoms with Crippen LogP contribution in [0.2, 0.25) is 0 Å². The van der Waals surface area contributed by atoms with Gasteiger partial charge in [0.1, 0.15) is 11.5 Å². The average molecular weight is 296 g/mol. The second-order valence-corrected chi connectivity index (χ2v) is 6.69. The SMILES string of the molecule is COc1ccc(CC(=O)Cc2ccc(C(C)(C)C)cc2)cc1. The minimum atomic E-state index is 0.144. The van der Waals surface area contributed by atoms with Crippen molar-refractivity contribution in [2.24, 2.45) is 0 Å². The van der Waals surface area contributed by atoms with Crippen molar-refractivity contribution >= 4 is 5.78 Å². The topological polar surface area (TPSA) is 26.3 Å². The fourth-order valence-electron chi connectivity index (χ4n) is 2.38. The molecule has 0 heterocycles. The Morgan fingerprint density at radius 3 is 1.73 bits per heavy atom. The summed E-state index contributed by atoms with van der Waals surface area (Å²) in [6, 6.07) is 16.0. The van der Waals surface area contributed by atoms with E-state index in [1.807, 2.05) is 24.3 Å². The molecule has 2 heteroatoms. The van der Waals surface area contributed by atoms with Crippen molar-refractivity contribution in [2.45, 2.75) is 39.0 Å². The second kappa shape index (κ2) is 6.78. The summed E-state index contributed by atoms with van der Waals surface area (Å²) in [5.41, 5.74) is 3.54. The van der Waals surface area contributed by atoms with Crippen molar-refractivity contribution in [3.8, 4) is 5.75 Å². The van der Waals surface area contributed by atoms with Crippen molar-refractivity contribution < 1.29 is 9.53 Å². The number of hydrogen-bond donors (Lipinski definition) is 0. The molecule has 0 aliphatic carbocycles. The van der Waals surface area contributed by atoms with Gasteiger partial charge in [0.05, 0.1) is 7.11 Å². The Morgan fingerprint density at radius 1 is 0.864 bits per heavy atom. The fourth-order valence-corrected chi connectivity index (χ4v) is 2.38. The summed E-state index contributed by atoms with van der Waals surface area (Å²) in [4.78, 5) is 12.2. The third-order valence-corrected chi connectivity index (χ3v) is 3.78. The molecule has 0 radical (unpaired) electrons. The smallest absolute Gasteiger partial charge is 0.141 e. The average Bonchev–Trinajstić information content (AvgIpc) is 2.47. The number of carbonyl (C=O) groups excluding carboxylic acids is 1. The van der Waals surface area contributed by atoms with Gasteiger partial charge in [-0.25, -0.2) is 0 Å². The summed E-state index contributed by atoms with van der Waals surface area (Å²) < 4.78 is 5.12. The molecule has 0 atom stereocenters. The number of ketones is 1. The standard InChI is InChI=1S/C20H24O2/c1-20(2,3)17-9-5-15(6-10-17)13-18(21)14-16-7-11-19(22-4)12-8-16/h5-12H,13-14H2,1-4H3. The first kappa shape index (κ1) is 16.3. The maximum Gasteiger partial charge on any atom is 0.141 e. The van der Waals surface area contributed by atoms with Crippen molar-refractivity contribution in [3.63, 3.8) is 0 Å². The van der Waals surface area contributed by atoms with Gasteiger partial charge in [-0.05, 0) is 34.2 Å². The summed E-state index contributed by atoms with van der Waals surface area (Å²) in [6.07, 6.45) is 0.946. The fraction of sp³-hybridized carbons (Fsp3) is 0.350. The Balaban J connectivity index is 1.96. The molecule has 0 bridgehead atoms. The number of methoxy groups -OCH3 is 1. The molecule has 116 valence electrons. The van der Waals surface area contributed by atoms with E-state index in [1.165, 1.54) is 5.56 Å². The Kier molecular flexibility index (Phi) is 5.02. The molecule has 2 rings (SSSR count). The number of hydrogen-bond acceptors (Lipinski definition) is 2. The van der Waals surface area contributed by atoms with Gasteiger partial charge in [0.15, 0.2) is 0 Å². The highest BCUT2D eigenvalue weighted by molar-refractivity contribution is 5.83. The quantitative estimate of drug-likeness (QED) is 0.820. The van der Waals surface area contributed by atoms with Gasteiger partial charge in [-0.15, -0.1) is 0 Å². The summed E-state index contributed by atoms with van der Waals surface area (Å²) in [7, 11) is 1.64. The van der Waals surface area contributed by atoms with Crippen LogP contribution in [-0.2, 0) is 23.1 Å². The van der Waals surface area contributed by atoms with E-state index in [0.29, 0.717) is 12.8 Å². The Labute approximate surface area is 133 Å². The molecule has 0 aromatic heterocycles. The minimum Gasteiger partial charge on any atom is -0.497 e. The van der Waals surface area contributed by atoms with E-state index in [2.05, 4.69) is 45.0 Å². The number of rotatable bonds is 5. The van der Waals surface area contributed by atoms with Crippen LogP contribution < -0.4 is 4.74 Å². The van der Waals surface area contributed by atoms with Crippen LogP contribution in [0.5, 0.6) is 5.75 Å². The van der Waals surface area contributed by atoms with Gasteiger partial charge in [0.25, 0.3) is 0 Å². The number of benzene rings is 2. The highest BCUT2D eigenvalue weighted by Gasteiger charge is 2.13. The van der Waals surface area contributed by atoms with E-state index in [1.54, 1.807) is 7.11 Å². The van der Waals surface area contributed by atoms with E-state index < -0.39 is 0 Å². The van der Waals surface area contributed by atoms with E-state index in [-0.39, 0.29) is 11.2 Å². The second-order valence-electron chi connectivity index (χ2n) is 6.69.